The molecule has 1 aliphatic rings. The lowest BCUT2D eigenvalue weighted by molar-refractivity contribution is -0.138. The lowest BCUT2D eigenvalue weighted by Gasteiger charge is -2.30. The van der Waals surface area contributed by atoms with Crippen molar-refractivity contribution in [2.45, 2.75) is 63.9 Å². The summed E-state index contributed by atoms with van der Waals surface area (Å²) in [6.45, 7) is 4.29. The summed E-state index contributed by atoms with van der Waals surface area (Å²) in [6.07, 6.45) is 4.35. The number of hydrogen-bond donors (Lipinski definition) is 1. The van der Waals surface area contributed by atoms with Crippen molar-refractivity contribution in [1.29, 1.82) is 0 Å². The summed E-state index contributed by atoms with van der Waals surface area (Å²) < 4.78 is 5.33. The Kier molecular flexibility index (Phi) is 9.03. The number of thioether (sulfide) groups is 1. The van der Waals surface area contributed by atoms with Crippen LogP contribution in [0.2, 0.25) is 0 Å². The maximum Gasteiger partial charge on any atom is 0.242 e. The minimum Gasteiger partial charge on any atom is -0.497 e. The Morgan fingerprint density at radius 3 is 2.62 bits per heavy atom. The summed E-state index contributed by atoms with van der Waals surface area (Å²) in [6, 6.07) is 15.6. The fourth-order valence-electron chi connectivity index (χ4n) is 4.05. The van der Waals surface area contributed by atoms with Gasteiger partial charge in [0.25, 0.3) is 0 Å². The number of carbonyl (C=O) groups excluding carboxylic acids is 2. The minimum atomic E-state index is -0.534. The first-order valence-electron chi connectivity index (χ1n) is 11.3. The maximum atomic E-state index is 13.3. The second-order valence-corrected chi connectivity index (χ2v) is 9.44. The van der Waals surface area contributed by atoms with Crippen LogP contribution < -0.4 is 10.1 Å². The summed E-state index contributed by atoms with van der Waals surface area (Å²) in [4.78, 5) is 27.9. The number of hydrogen-bond acceptors (Lipinski definition) is 4. The van der Waals surface area contributed by atoms with E-state index in [-0.39, 0.29) is 17.9 Å². The van der Waals surface area contributed by atoms with Crippen LogP contribution in [0, 0.1) is 6.92 Å². The molecule has 3 rings (SSSR count). The number of aryl methyl sites for hydroxylation is 1. The van der Waals surface area contributed by atoms with Crippen LogP contribution in [-0.4, -0.2) is 41.7 Å². The number of nitrogens with zero attached hydrogens (tertiary/aromatic N) is 1. The monoisotopic (exact) mass is 454 g/mol. The summed E-state index contributed by atoms with van der Waals surface area (Å²) in [5.41, 5.74) is 3.41. The van der Waals surface area contributed by atoms with Crippen molar-refractivity contribution in [2.24, 2.45) is 0 Å². The largest absolute Gasteiger partial charge is 0.497 e. The van der Waals surface area contributed by atoms with Crippen molar-refractivity contribution in [3.63, 3.8) is 0 Å². The van der Waals surface area contributed by atoms with Crippen LogP contribution in [0.1, 0.15) is 49.3 Å². The Morgan fingerprint density at radius 1 is 1.16 bits per heavy atom. The molecule has 0 radical (unpaired) electrons. The van der Waals surface area contributed by atoms with Gasteiger partial charge in [-0.25, -0.2) is 0 Å². The summed E-state index contributed by atoms with van der Waals surface area (Å²) >= 11 is 1.59. The Bertz CT molecular complexity index is 911. The van der Waals surface area contributed by atoms with Gasteiger partial charge in [0, 0.05) is 18.3 Å². The van der Waals surface area contributed by atoms with Crippen LogP contribution in [0.5, 0.6) is 5.75 Å². The molecule has 0 aliphatic heterocycles. The highest BCUT2D eigenvalue weighted by molar-refractivity contribution is 7.99. The zero-order chi connectivity index (χ0) is 22.9. The number of carbonyl (C=O) groups is 2. The zero-order valence-electron chi connectivity index (χ0n) is 19.3. The van der Waals surface area contributed by atoms with E-state index in [1.54, 1.807) is 23.8 Å². The molecule has 172 valence electrons. The van der Waals surface area contributed by atoms with Crippen LogP contribution in [0.15, 0.2) is 48.5 Å². The number of nitrogens with one attached hydrogen (secondary N) is 1. The molecule has 2 aromatic carbocycles. The Morgan fingerprint density at radius 2 is 1.91 bits per heavy atom. The lowest BCUT2D eigenvalue weighted by atomic mass is 10.1. The first kappa shape index (κ1) is 24.2. The van der Waals surface area contributed by atoms with E-state index in [0.29, 0.717) is 12.3 Å². The van der Waals surface area contributed by atoms with E-state index in [9.17, 15) is 9.59 Å². The van der Waals surface area contributed by atoms with Gasteiger partial charge >= 0.3 is 0 Å². The smallest absolute Gasteiger partial charge is 0.242 e. The molecule has 1 N–H and O–H groups in total. The minimum absolute atomic E-state index is 0.0273. The topological polar surface area (TPSA) is 58.6 Å². The molecule has 0 saturated heterocycles. The number of amides is 2. The van der Waals surface area contributed by atoms with E-state index in [1.807, 2.05) is 43.3 Å². The average Bonchev–Trinajstić information content (AvgIpc) is 3.31. The predicted octanol–water partition coefficient (Wildman–Crippen LogP) is 4.71. The van der Waals surface area contributed by atoms with Crippen LogP contribution in [0.3, 0.4) is 0 Å². The third kappa shape index (κ3) is 6.76. The van der Waals surface area contributed by atoms with Crippen molar-refractivity contribution in [2.75, 3.05) is 12.9 Å². The highest BCUT2D eigenvalue weighted by atomic mass is 32.2. The summed E-state index contributed by atoms with van der Waals surface area (Å²) in [5, 5.41) is 3.15. The van der Waals surface area contributed by atoms with E-state index in [2.05, 4.69) is 24.4 Å². The molecule has 0 spiro atoms. The van der Waals surface area contributed by atoms with Gasteiger partial charge in [0.1, 0.15) is 11.8 Å². The third-order valence-corrected chi connectivity index (χ3v) is 7.07. The van der Waals surface area contributed by atoms with Gasteiger partial charge in [-0.05, 0) is 55.5 Å². The van der Waals surface area contributed by atoms with E-state index in [0.717, 1.165) is 42.7 Å². The molecule has 32 heavy (non-hydrogen) atoms. The first-order chi connectivity index (χ1) is 15.5. The van der Waals surface area contributed by atoms with Gasteiger partial charge < -0.3 is 15.0 Å². The molecule has 0 bridgehead atoms. The molecule has 1 atom stereocenters. The molecule has 1 fully saturated rings. The number of ether oxygens (including phenoxy) is 1. The standard InChI is InChI=1S/C26H34N2O3S/c1-19-9-4-5-11-22(19)17-32-18-25(29)28(16-21-10-8-14-24(15-21)31-3)20(2)26(30)27-23-12-6-7-13-23/h4-5,8-11,14-15,20,23H,6-7,12-13,16-18H2,1-3H3,(H,27,30)/t20-/m1/s1. The Labute approximate surface area is 195 Å². The molecule has 0 unspecified atom stereocenters. The maximum absolute atomic E-state index is 13.3. The van der Waals surface area contributed by atoms with Crippen molar-refractivity contribution >= 4 is 23.6 Å². The van der Waals surface area contributed by atoms with Crippen LogP contribution in [-0.2, 0) is 21.9 Å². The van der Waals surface area contributed by atoms with Crippen molar-refractivity contribution in [1.82, 2.24) is 10.2 Å². The molecule has 0 aromatic heterocycles. The molecular formula is C26H34N2O3S. The van der Waals surface area contributed by atoms with Crippen molar-refractivity contribution in [3.8, 4) is 5.75 Å². The summed E-state index contributed by atoms with van der Waals surface area (Å²) in [7, 11) is 1.63. The number of methoxy groups -OCH3 is 1. The predicted molar refractivity (Wildman–Crippen MR) is 131 cm³/mol. The van der Waals surface area contributed by atoms with Gasteiger partial charge in [-0.3, -0.25) is 9.59 Å². The normalized spacial score (nSPS) is 14.7. The molecule has 1 aliphatic carbocycles. The lowest BCUT2D eigenvalue weighted by Crippen LogP contribution is -2.50. The van der Waals surface area contributed by atoms with Crippen molar-refractivity contribution < 1.29 is 14.3 Å². The van der Waals surface area contributed by atoms with Crippen LogP contribution in [0.25, 0.3) is 0 Å². The van der Waals surface area contributed by atoms with Gasteiger partial charge in [-0.2, -0.15) is 0 Å². The van der Waals surface area contributed by atoms with Gasteiger partial charge in [0.15, 0.2) is 0 Å². The fraction of sp³-hybridized carbons (Fsp3) is 0.462. The van der Waals surface area contributed by atoms with Gasteiger partial charge in [0.05, 0.1) is 12.9 Å². The fourth-order valence-corrected chi connectivity index (χ4v) is 5.03. The average molecular weight is 455 g/mol. The number of rotatable bonds is 10. The molecule has 6 heteroatoms. The van der Waals surface area contributed by atoms with E-state index in [4.69, 9.17) is 4.74 Å². The van der Waals surface area contributed by atoms with Gasteiger partial charge in [-0.15, -0.1) is 11.8 Å². The molecule has 0 heterocycles. The SMILES string of the molecule is COc1cccc(CN(C(=O)CSCc2ccccc2C)[C@H](C)C(=O)NC2CCCC2)c1. The Hall–Kier alpha value is -2.47. The molecule has 2 aromatic rings. The summed E-state index contributed by atoms with van der Waals surface area (Å²) in [5.74, 6) is 1.75. The van der Waals surface area contributed by atoms with E-state index >= 15 is 0 Å². The molecule has 5 nitrogen and oxygen atoms in total. The second kappa shape index (κ2) is 12.0. The Balaban J connectivity index is 1.68. The highest BCUT2D eigenvalue weighted by Gasteiger charge is 2.28. The zero-order valence-corrected chi connectivity index (χ0v) is 20.1. The van der Waals surface area contributed by atoms with Gasteiger partial charge in [0.2, 0.25) is 11.8 Å². The first-order valence-corrected chi connectivity index (χ1v) is 12.5. The van der Waals surface area contributed by atoms with Crippen LogP contribution in [0.4, 0.5) is 0 Å². The molecule has 2 amide bonds. The quantitative estimate of drug-likeness (QED) is 0.565. The van der Waals surface area contributed by atoms with E-state index in [1.165, 1.54) is 11.1 Å². The third-order valence-electron chi connectivity index (χ3n) is 6.10. The molecule has 1 saturated carbocycles. The van der Waals surface area contributed by atoms with Gasteiger partial charge in [-0.1, -0.05) is 49.2 Å². The van der Waals surface area contributed by atoms with Crippen molar-refractivity contribution in [3.05, 3.63) is 65.2 Å². The second-order valence-electron chi connectivity index (χ2n) is 8.46. The van der Waals surface area contributed by atoms with E-state index < -0.39 is 6.04 Å². The highest BCUT2D eigenvalue weighted by Crippen LogP contribution is 2.21. The molecular weight excluding hydrogens is 420 g/mol. The number of benzene rings is 2. The van der Waals surface area contributed by atoms with Crippen LogP contribution >= 0.6 is 11.8 Å².